The summed E-state index contributed by atoms with van der Waals surface area (Å²) in [6.45, 7) is 9.29. The van der Waals surface area contributed by atoms with Crippen LogP contribution in [0.5, 0.6) is 0 Å². The lowest BCUT2D eigenvalue weighted by Crippen LogP contribution is -2.23. The van der Waals surface area contributed by atoms with Crippen LogP contribution in [0.4, 0.5) is 17.1 Å². The molecular weight excluding hydrogens is 591 g/mol. The van der Waals surface area contributed by atoms with Crippen LogP contribution in [0, 0.1) is 0 Å². The summed E-state index contributed by atoms with van der Waals surface area (Å²) < 4.78 is 0. The van der Waals surface area contributed by atoms with E-state index in [4.69, 9.17) is 0 Å². The molecule has 7 aromatic carbocycles. The standard InChI is InChI=1S/C48H43N/c1-5-48(6-2)44-26-15-14-25-43(44)46-45(48)32-37-19-10-11-24-42(37)47(46)49(39-21-16-20-36(31-39)33(3)4)38-29-27-35(28-30-38)41-23-13-12-22-40(41)34-17-8-7-9-18-34/h7-33H,5-6H2,1-4H3. The summed E-state index contributed by atoms with van der Waals surface area (Å²) >= 11 is 0. The minimum Gasteiger partial charge on any atom is -0.309 e. The van der Waals surface area contributed by atoms with E-state index in [0.717, 1.165) is 18.5 Å². The highest BCUT2D eigenvalue weighted by Crippen LogP contribution is 2.59. The van der Waals surface area contributed by atoms with Crippen LogP contribution in [0.3, 0.4) is 0 Å². The van der Waals surface area contributed by atoms with Gasteiger partial charge in [0.05, 0.1) is 5.69 Å². The predicted octanol–water partition coefficient (Wildman–Crippen LogP) is 13.9. The fourth-order valence-corrected chi connectivity index (χ4v) is 8.31. The van der Waals surface area contributed by atoms with Crippen LogP contribution in [-0.2, 0) is 5.41 Å². The van der Waals surface area contributed by atoms with Gasteiger partial charge in [-0.2, -0.15) is 0 Å². The van der Waals surface area contributed by atoms with E-state index >= 15 is 0 Å². The molecule has 7 aromatic rings. The summed E-state index contributed by atoms with van der Waals surface area (Å²) in [5.74, 6) is 0.422. The Balaban J connectivity index is 1.40. The van der Waals surface area contributed by atoms with E-state index in [1.807, 2.05) is 0 Å². The Morgan fingerprint density at radius 2 is 1.12 bits per heavy atom. The molecule has 0 fully saturated rings. The van der Waals surface area contributed by atoms with Crippen molar-refractivity contribution in [3.8, 4) is 33.4 Å². The van der Waals surface area contributed by atoms with Crippen LogP contribution >= 0.6 is 0 Å². The number of nitrogens with zero attached hydrogens (tertiary/aromatic N) is 1. The van der Waals surface area contributed by atoms with Crippen molar-refractivity contribution >= 4 is 27.8 Å². The highest BCUT2D eigenvalue weighted by Gasteiger charge is 2.43. The second-order valence-corrected chi connectivity index (χ2v) is 13.7. The Bertz CT molecular complexity index is 2270. The van der Waals surface area contributed by atoms with E-state index in [9.17, 15) is 0 Å². The average Bonchev–Trinajstić information content (AvgIpc) is 3.44. The van der Waals surface area contributed by atoms with Gasteiger partial charge in [-0.05, 0) is 99.0 Å². The highest BCUT2D eigenvalue weighted by atomic mass is 15.1. The van der Waals surface area contributed by atoms with Crippen molar-refractivity contribution in [1.29, 1.82) is 0 Å². The van der Waals surface area contributed by atoms with E-state index in [0.29, 0.717) is 5.92 Å². The molecule has 0 heterocycles. The predicted molar refractivity (Wildman–Crippen MR) is 210 cm³/mol. The molecule has 0 spiro atoms. The first kappa shape index (κ1) is 30.9. The molecule has 1 aliphatic rings. The molecule has 0 saturated carbocycles. The van der Waals surface area contributed by atoms with Crippen molar-refractivity contribution in [3.05, 3.63) is 174 Å². The molecule has 49 heavy (non-hydrogen) atoms. The maximum absolute atomic E-state index is 2.54. The zero-order valence-electron chi connectivity index (χ0n) is 28.9. The van der Waals surface area contributed by atoms with Gasteiger partial charge in [-0.3, -0.25) is 0 Å². The highest BCUT2D eigenvalue weighted by molar-refractivity contribution is 6.10. The second-order valence-electron chi connectivity index (χ2n) is 13.7. The Morgan fingerprint density at radius 3 is 1.82 bits per heavy atom. The molecule has 8 rings (SSSR count). The van der Waals surface area contributed by atoms with Gasteiger partial charge in [-0.15, -0.1) is 0 Å². The molecule has 0 bridgehead atoms. The smallest absolute Gasteiger partial charge is 0.0621 e. The summed E-state index contributed by atoms with van der Waals surface area (Å²) in [6, 6.07) is 58.5. The molecule has 0 amide bonds. The van der Waals surface area contributed by atoms with Crippen molar-refractivity contribution < 1.29 is 0 Å². The van der Waals surface area contributed by atoms with Crippen LogP contribution in [0.15, 0.2) is 158 Å². The van der Waals surface area contributed by atoms with E-state index in [1.54, 1.807) is 0 Å². The molecule has 1 aliphatic carbocycles. The monoisotopic (exact) mass is 633 g/mol. The molecule has 1 heteroatoms. The maximum Gasteiger partial charge on any atom is 0.0621 e. The fourth-order valence-electron chi connectivity index (χ4n) is 8.31. The molecule has 0 aromatic heterocycles. The summed E-state index contributed by atoms with van der Waals surface area (Å²) in [6.07, 6.45) is 2.12. The number of rotatable bonds is 8. The van der Waals surface area contributed by atoms with Crippen LogP contribution in [-0.4, -0.2) is 0 Å². The summed E-state index contributed by atoms with van der Waals surface area (Å²) in [5.41, 5.74) is 15.5. The van der Waals surface area contributed by atoms with Crippen LogP contribution in [0.25, 0.3) is 44.2 Å². The third kappa shape index (κ3) is 5.08. The minimum absolute atomic E-state index is 0.0266. The normalized spacial score (nSPS) is 13.0. The molecule has 0 aliphatic heterocycles. The third-order valence-corrected chi connectivity index (χ3v) is 10.9. The maximum atomic E-state index is 2.54. The zero-order chi connectivity index (χ0) is 33.5. The van der Waals surface area contributed by atoms with Crippen molar-refractivity contribution in [2.24, 2.45) is 0 Å². The molecule has 1 nitrogen and oxygen atoms in total. The van der Waals surface area contributed by atoms with Gasteiger partial charge in [-0.1, -0.05) is 155 Å². The first-order valence-electron chi connectivity index (χ1n) is 17.8. The Hall–Kier alpha value is -5.40. The van der Waals surface area contributed by atoms with E-state index in [2.05, 4.69) is 190 Å². The first-order chi connectivity index (χ1) is 24.0. The van der Waals surface area contributed by atoms with Gasteiger partial charge in [-0.25, -0.2) is 0 Å². The van der Waals surface area contributed by atoms with Gasteiger partial charge >= 0.3 is 0 Å². The minimum atomic E-state index is -0.0266. The number of anilines is 3. The van der Waals surface area contributed by atoms with Crippen molar-refractivity contribution in [2.45, 2.75) is 51.9 Å². The largest absolute Gasteiger partial charge is 0.309 e. The topological polar surface area (TPSA) is 3.24 Å². The van der Waals surface area contributed by atoms with Crippen molar-refractivity contribution in [2.75, 3.05) is 4.90 Å². The molecule has 0 atom stereocenters. The number of hydrogen-bond donors (Lipinski definition) is 0. The van der Waals surface area contributed by atoms with Crippen LogP contribution in [0.2, 0.25) is 0 Å². The summed E-state index contributed by atoms with van der Waals surface area (Å²) in [5, 5.41) is 2.56. The van der Waals surface area contributed by atoms with Crippen molar-refractivity contribution in [3.63, 3.8) is 0 Å². The quantitative estimate of drug-likeness (QED) is 0.161. The SMILES string of the molecule is CCC1(CC)c2ccccc2-c2c1cc1ccccc1c2N(c1ccc(-c2ccccc2-c2ccccc2)cc1)c1cccc(C(C)C)c1. The average molecular weight is 634 g/mol. The number of hydrogen-bond acceptors (Lipinski definition) is 1. The molecule has 240 valence electrons. The number of fused-ring (bicyclic) bond motifs is 4. The Kier molecular flexibility index (Phi) is 7.92. The lowest BCUT2D eigenvalue weighted by molar-refractivity contribution is 0.491. The zero-order valence-corrected chi connectivity index (χ0v) is 28.9. The van der Waals surface area contributed by atoms with E-state index in [1.165, 1.54) is 72.2 Å². The summed E-state index contributed by atoms with van der Waals surface area (Å²) in [7, 11) is 0. The van der Waals surface area contributed by atoms with Gasteiger partial charge in [0.1, 0.15) is 0 Å². The molecule has 0 unspecified atom stereocenters. The van der Waals surface area contributed by atoms with Gasteiger partial charge in [0.2, 0.25) is 0 Å². The van der Waals surface area contributed by atoms with Crippen molar-refractivity contribution in [1.82, 2.24) is 0 Å². The number of benzene rings is 7. The van der Waals surface area contributed by atoms with Crippen LogP contribution < -0.4 is 4.90 Å². The van der Waals surface area contributed by atoms with Gasteiger partial charge in [0, 0.05) is 27.7 Å². The summed E-state index contributed by atoms with van der Waals surface area (Å²) in [4.78, 5) is 2.54. The van der Waals surface area contributed by atoms with E-state index in [-0.39, 0.29) is 5.41 Å². The van der Waals surface area contributed by atoms with Gasteiger partial charge in [0.15, 0.2) is 0 Å². The molecular formula is C48H43N. The van der Waals surface area contributed by atoms with Gasteiger partial charge in [0.25, 0.3) is 0 Å². The molecule has 0 N–H and O–H groups in total. The lowest BCUT2D eigenvalue weighted by Gasteiger charge is -2.33. The Labute approximate surface area is 291 Å². The molecule has 0 radical (unpaired) electrons. The third-order valence-electron chi connectivity index (χ3n) is 10.9. The lowest BCUT2D eigenvalue weighted by atomic mass is 9.73. The molecule has 0 saturated heterocycles. The Morgan fingerprint density at radius 1 is 0.510 bits per heavy atom. The first-order valence-corrected chi connectivity index (χ1v) is 17.8. The van der Waals surface area contributed by atoms with Gasteiger partial charge < -0.3 is 4.90 Å². The van der Waals surface area contributed by atoms with Crippen LogP contribution in [0.1, 0.15) is 63.1 Å². The van der Waals surface area contributed by atoms with E-state index < -0.39 is 0 Å². The second kappa shape index (κ2) is 12.6. The fraction of sp³-hybridized carbons (Fsp3) is 0.167.